The summed E-state index contributed by atoms with van der Waals surface area (Å²) >= 11 is 0. The topological polar surface area (TPSA) is 118 Å². The van der Waals surface area contributed by atoms with Crippen LogP contribution >= 0.6 is 0 Å². The smallest absolute Gasteiger partial charge is 0.237 e. The second kappa shape index (κ2) is 12.9. The highest BCUT2D eigenvalue weighted by Gasteiger charge is 2.26. The van der Waals surface area contributed by atoms with Gasteiger partial charge in [0.2, 0.25) is 27.7 Å². The third-order valence-electron chi connectivity index (χ3n) is 6.56. The van der Waals surface area contributed by atoms with Crippen LogP contribution in [0.15, 0.2) is 60.9 Å². The Morgan fingerprint density at radius 3 is 2.53 bits per heavy atom. The molecule has 4 aromatic rings. The van der Waals surface area contributed by atoms with Crippen LogP contribution in [0.1, 0.15) is 12.0 Å². The molecule has 15 heteroatoms. The van der Waals surface area contributed by atoms with Crippen molar-refractivity contribution in [2.75, 3.05) is 29.8 Å². The second-order valence-electron chi connectivity index (χ2n) is 9.83. The normalized spacial score (nSPS) is 17.0. The molecule has 0 amide bonds. The predicted octanol–water partition coefficient (Wildman–Crippen LogP) is 5.19. The number of halogens is 5. The first-order valence-electron chi connectivity index (χ1n) is 13.0. The van der Waals surface area contributed by atoms with Gasteiger partial charge in [-0.15, -0.1) is 0 Å². The van der Waals surface area contributed by atoms with E-state index in [0.717, 1.165) is 12.1 Å². The summed E-state index contributed by atoms with van der Waals surface area (Å²) in [4.78, 5) is 12.7. The molecule has 1 aliphatic rings. The molecule has 1 saturated heterocycles. The average molecular weight is 621 g/mol. The Bertz CT molecular complexity index is 1710. The van der Waals surface area contributed by atoms with Gasteiger partial charge in [-0.2, -0.15) is 4.39 Å². The standard InChI is InChI=1S/C28H25F5N6O3S/c29-12-17-10-19(14-34-13-17)37-28-36-9-7-22(38-28)20-2-1-8-35-27(20)42-23-11-21(31)26(25(33)24(23)32)39-43(40,41)15-16-3-5-18(30)6-4-16/h1-9,11,17,19,34,39H,10,12-15H2,(H,36,37,38)/t17?,19-/m0/s1. The van der Waals surface area contributed by atoms with Crippen LogP contribution in [-0.4, -0.2) is 49.2 Å². The average Bonchev–Trinajstić information content (AvgIpc) is 2.99. The minimum atomic E-state index is -4.41. The molecule has 0 radical (unpaired) electrons. The van der Waals surface area contributed by atoms with E-state index in [0.29, 0.717) is 25.6 Å². The van der Waals surface area contributed by atoms with Crippen molar-refractivity contribution >= 4 is 21.7 Å². The number of nitrogens with zero attached hydrogens (tertiary/aromatic N) is 3. The van der Waals surface area contributed by atoms with Crippen molar-refractivity contribution in [1.29, 1.82) is 0 Å². The molecule has 9 nitrogen and oxygen atoms in total. The Balaban J connectivity index is 1.36. The zero-order valence-corrected chi connectivity index (χ0v) is 23.1. The molecular formula is C28H25F5N6O3S. The van der Waals surface area contributed by atoms with E-state index in [1.807, 2.05) is 0 Å². The first-order valence-corrected chi connectivity index (χ1v) is 14.7. The van der Waals surface area contributed by atoms with Crippen molar-refractivity contribution < 1.29 is 35.1 Å². The largest absolute Gasteiger partial charge is 0.435 e. The van der Waals surface area contributed by atoms with E-state index in [1.165, 1.54) is 36.7 Å². The number of alkyl halides is 1. The number of sulfonamides is 1. The minimum Gasteiger partial charge on any atom is -0.435 e. The summed E-state index contributed by atoms with van der Waals surface area (Å²) in [6.07, 6.45) is 3.34. The molecule has 3 heterocycles. The zero-order chi connectivity index (χ0) is 30.6. The van der Waals surface area contributed by atoms with Gasteiger partial charge in [-0.1, -0.05) is 12.1 Å². The molecule has 1 unspecified atom stereocenters. The molecule has 0 aliphatic carbocycles. The summed E-state index contributed by atoms with van der Waals surface area (Å²) in [7, 11) is -4.41. The molecule has 2 aromatic carbocycles. The molecular weight excluding hydrogens is 595 g/mol. The Kier molecular flexibility index (Phi) is 9.01. The highest BCUT2D eigenvalue weighted by molar-refractivity contribution is 7.91. The van der Waals surface area contributed by atoms with Crippen LogP contribution in [-0.2, 0) is 15.8 Å². The minimum absolute atomic E-state index is 0.124. The van der Waals surface area contributed by atoms with Crippen LogP contribution in [0.25, 0.3) is 11.3 Å². The van der Waals surface area contributed by atoms with Gasteiger partial charge in [-0.3, -0.25) is 9.11 Å². The molecule has 1 aliphatic heterocycles. The molecule has 2 atom stereocenters. The molecule has 1 fully saturated rings. The van der Waals surface area contributed by atoms with Crippen molar-refractivity contribution in [3.63, 3.8) is 0 Å². The maximum absolute atomic E-state index is 15.1. The lowest BCUT2D eigenvalue weighted by Gasteiger charge is -2.29. The van der Waals surface area contributed by atoms with Gasteiger partial charge < -0.3 is 15.4 Å². The third-order valence-corrected chi connectivity index (χ3v) is 7.78. The molecule has 0 spiro atoms. The van der Waals surface area contributed by atoms with Gasteiger partial charge in [0.15, 0.2) is 17.4 Å². The van der Waals surface area contributed by atoms with Crippen LogP contribution < -0.4 is 20.1 Å². The molecule has 43 heavy (non-hydrogen) atoms. The number of benzene rings is 2. The summed E-state index contributed by atoms with van der Waals surface area (Å²) in [6.45, 7) is 0.704. The fourth-order valence-corrected chi connectivity index (χ4v) is 5.72. The van der Waals surface area contributed by atoms with Crippen molar-refractivity contribution in [3.05, 3.63) is 89.8 Å². The fraction of sp³-hybridized carbons (Fsp3) is 0.250. The van der Waals surface area contributed by atoms with Crippen LogP contribution in [0.3, 0.4) is 0 Å². The van der Waals surface area contributed by atoms with Crippen LogP contribution in [0.5, 0.6) is 11.6 Å². The number of aromatic nitrogens is 3. The highest BCUT2D eigenvalue weighted by Crippen LogP contribution is 2.36. The second-order valence-corrected chi connectivity index (χ2v) is 11.5. The highest BCUT2D eigenvalue weighted by atomic mass is 32.2. The van der Waals surface area contributed by atoms with Crippen molar-refractivity contribution in [2.24, 2.45) is 5.92 Å². The summed E-state index contributed by atoms with van der Waals surface area (Å²) in [6, 6.07) is 9.40. The fourth-order valence-electron chi connectivity index (χ4n) is 4.52. The summed E-state index contributed by atoms with van der Waals surface area (Å²) in [5.41, 5.74) is -0.578. The molecule has 0 saturated carbocycles. The van der Waals surface area contributed by atoms with Gasteiger partial charge >= 0.3 is 0 Å². The van der Waals surface area contributed by atoms with Gasteiger partial charge in [-0.25, -0.2) is 36.5 Å². The maximum atomic E-state index is 15.1. The number of pyridine rings is 1. The Morgan fingerprint density at radius 2 is 1.77 bits per heavy atom. The van der Waals surface area contributed by atoms with Gasteiger partial charge in [0.1, 0.15) is 11.5 Å². The predicted molar refractivity (Wildman–Crippen MR) is 149 cm³/mol. The number of ether oxygens (including phenoxy) is 1. The third kappa shape index (κ3) is 7.35. The number of nitrogens with one attached hydrogen (secondary N) is 3. The zero-order valence-electron chi connectivity index (χ0n) is 22.3. The van der Waals surface area contributed by atoms with Crippen LogP contribution in [0.2, 0.25) is 0 Å². The van der Waals surface area contributed by atoms with Gasteiger partial charge in [0.25, 0.3) is 0 Å². The number of rotatable bonds is 10. The van der Waals surface area contributed by atoms with Gasteiger partial charge in [0, 0.05) is 43.5 Å². The lowest BCUT2D eigenvalue weighted by molar-refractivity contribution is 0.282. The SMILES string of the molecule is O=S(=O)(Cc1ccc(F)cc1)Nc1c(F)cc(Oc2ncccc2-c2ccnc(N[C@@H]3CNCC(CF)C3)n2)c(F)c1F. The van der Waals surface area contributed by atoms with Crippen molar-refractivity contribution in [1.82, 2.24) is 20.3 Å². The first kappa shape index (κ1) is 30.1. The van der Waals surface area contributed by atoms with E-state index < -0.39 is 57.2 Å². The molecule has 2 aromatic heterocycles. The van der Waals surface area contributed by atoms with E-state index in [1.54, 1.807) is 10.8 Å². The number of piperidine rings is 1. The monoisotopic (exact) mass is 620 g/mol. The van der Waals surface area contributed by atoms with Crippen LogP contribution in [0.4, 0.5) is 33.6 Å². The number of anilines is 2. The lowest BCUT2D eigenvalue weighted by Crippen LogP contribution is -2.44. The maximum Gasteiger partial charge on any atom is 0.237 e. The Morgan fingerprint density at radius 1 is 0.977 bits per heavy atom. The van der Waals surface area contributed by atoms with Crippen molar-refractivity contribution in [3.8, 4) is 22.9 Å². The quantitative estimate of drug-likeness (QED) is 0.164. The first-order chi connectivity index (χ1) is 20.6. The summed E-state index contributed by atoms with van der Waals surface area (Å²) < 4.78 is 103. The van der Waals surface area contributed by atoms with Crippen LogP contribution in [0, 0.1) is 29.2 Å². The molecule has 3 N–H and O–H groups in total. The molecule has 5 rings (SSSR count). The Hall–Kier alpha value is -4.37. The van der Waals surface area contributed by atoms with Gasteiger partial charge in [0.05, 0.1) is 23.7 Å². The van der Waals surface area contributed by atoms with E-state index in [9.17, 15) is 26.0 Å². The summed E-state index contributed by atoms with van der Waals surface area (Å²) in [5.74, 6) is -7.34. The molecule has 0 bridgehead atoms. The Labute approximate surface area is 243 Å². The van der Waals surface area contributed by atoms with E-state index >= 15 is 4.39 Å². The van der Waals surface area contributed by atoms with Crippen molar-refractivity contribution in [2.45, 2.75) is 18.2 Å². The number of hydrogen-bond acceptors (Lipinski definition) is 8. The van der Waals surface area contributed by atoms with E-state index in [2.05, 4.69) is 25.6 Å². The molecule has 226 valence electrons. The summed E-state index contributed by atoms with van der Waals surface area (Å²) in [5, 5.41) is 6.29. The van der Waals surface area contributed by atoms with Gasteiger partial charge in [-0.05, 0) is 42.3 Å². The number of hydrogen-bond donors (Lipinski definition) is 3. The van der Waals surface area contributed by atoms with E-state index in [4.69, 9.17) is 4.74 Å². The lowest BCUT2D eigenvalue weighted by atomic mass is 9.97. The van der Waals surface area contributed by atoms with E-state index in [-0.39, 0.29) is 40.6 Å².